The molecule has 0 unspecified atom stereocenters. The summed E-state index contributed by atoms with van der Waals surface area (Å²) in [6.45, 7) is 16.7. The highest BCUT2D eigenvalue weighted by Gasteiger charge is 2.80. The van der Waals surface area contributed by atoms with Gasteiger partial charge < -0.3 is 0 Å². The van der Waals surface area contributed by atoms with Crippen molar-refractivity contribution in [1.29, 1.82) is 0 Å². The minimum atomic E-state index is -5.63. The molecule has 0 saturated carbocycles. The number of rotatable bonds is 8. The summed E-state index contributed by atoms with van der Waals surface area (Å²) >= 11 is 2.24. The Balaban J connectivity index is 1.25. The maximum absolute atomic E-state index is 15.9. The van der Waals surface area contributed by atoms with Crippen molar-refractivity contribution in [2.75, 3.05) is 0 Å². The Kier molecular flexibility index (Phi) is 9.72. The zero-order valence-corrected chi connectivity index (χ0v) is 35.6. The topological polar surface area (TPSA) is 0 Å². The maximum Gasteiger partial charge on any atom is 0.380 e. The highest BCUT2D eigenvalue weighted by atomic mass is 32.1. The van der Waals surface area contributed by atoms with Crippen LogP contribution in [0.2, 0.25) is 39.3 Å². The standard InChI is InChI=1S/C45H42F6S2Si2/c1-27-37(25-39(52-27)33-13-9-29(10-14-33)31-17-21-35(22-18-31)54(3,4)5)41-42(44(48,49)45(50,51)43(41,46)47)38-26-40(53-28(38)2)34-15-11-30(12-16-34)32-19-23-36(24-20-32)55(6,7)8/h9-26H,1-8H3. The van der Waals surface area contributed by atoms with Crippen LogP contribution in [-0.4, -0.2) is 33.9 Å². The Morgan fingerprint density at radius 2 is 0.655 bits per heavy atom. The summed E-state index contributed by atoms with van der Waals surface area (Å²) < 4.78 is 94.4. The van der Waals surface area contributed by atoms with Crippen LogP contribution in [0.4, 0.5) is 26.3 Å². The molecule has 1 aliphatic rings. The molecule has 2 aromatic heterocycles. The number of hydrogen-bond acceptors (Lipinski definition) is 2. The number of halogens is 6. The number of aryl methyl sites for hydroxylation is 2. The first-order valence-corrected chi connectivity index (χ1v) is 26.8. The van der Waals surface area contributed by atoms with Crippen molar-refractivity contribution in [3.63, 3.8) is 0 Å². The van der Waals surface area contributed by atoms with E-state index in [0.717, 1.165) is 44.9 Å². The summed E-state index contributed by atoms with van der Waals surface area (Å²) in [7, 11) is -2.93. The Hall–Kier alpha value is -3.97. The second-order valence-electron chi connectivity index (χ2n) is 16.4. The maximum atomic E-state index is 15.9. The van der Waals surface area contributed by atoms with Gasteiger partial charge in [-0.15, -0.1) is 22.7 Å². The predicted molar refractivity (Wildman–Crippen MR) is 227 cm³/mol. The molecule has 0 atom stereocenters. The lowest BCUT2D eigenvalue weighted by molar-refractivity contribution is -0.254. The van der Waals surface area contributed by atoms with Gasteiger partial charge in [-0.05, 0) is 70.5 Å². The van der Waals surface area contributed by atoms with Gasteiger partial charge in [-0.2, -0.15) is 26.3 Å². The first-order chi connectivity index (χ1) is 25.6. The number of alkyl halides is 6. The molecule has 284 valence electrons. The van der Waals surface area contributed by atoms with Gasteiger partial charge in [0.2, 0.25) is 0 Å². The fourth-order valence-corrected chi connectivity index (χ4v) is 11.6. The average molecular weight is 817 g/mol. The first-order valence-electron chi connectivity index (χ1n) is 18.1. The Bertz CT molecular complexity index is 2240. The monoisotopic (exact) mass is 816 g/mol. The Labute approximate surface area is 329 Å². The predicted octanol–water partition coefficient (Wildman–Crippen LogP) is 14.0. The molecule has 0 aliphatic heterocycles. The molecule has 1 aliphatic carbocycles. The normalized spacial score (nSPS) is 16.5. The van der Waals surface area contributed by atoms with Crippen LogP contribution in [0.25, 0.3) is 54.3 Å². The fourth-order valence-electron chi connectivity index (χ4n) is 7.16. The molecule has 0 spiro atoms. The molecular weight excluding hydrogens is 775 g/mol. The van der Waals surface area contributed by atoms with Crippen LogP contribution < -0.4 is 10.4 Å². The summed E-state index contributed by atoms with van der Waals surface area (Å²) in [5, 5.41) is 2.68. The van der Waals surface area contributed by atoms with E-state index in [9.17, 15) is 0 Å². The van der Waals surface area contributed by atoms with Crippen LogP contribution in [0, 0.1) is 13.8 Å². The van der Waals surface area contributed by atoms with Crippen LogP contribution in [-0.2, 0) is 0 Å². The molecule has 10 heteroatoms. The lowest BCUT2D eigenvalue weighted by Crippen LogP contribution is -2.48. The molecule has 7 rings (SSSR count). The van der Waals surface area contributed by atoms with Gasteiger partial charge in [0.1, 0.15) is 0 Å². The fraction of sp³-hybridized carbons (Fsp3) is 0.244. The van der Waals surface area contributed by atoms with Gasteiger partial charge in [0.25, 0.3) is 0 Å². The van der Waals surface area contributed by atoms with Crippen molar-refractivity contribution < 1.29 is 26.3 Å². The van der Waals surface area contributed by atoms with Gasteiger partial charge in [0, 0.05) is 30.7 Å². The van der Waals surface area contributed by atoms with E-state index in [2.05, 4.69) is 87.8 Å². The van der Waals surface area contributed by atoms with Gasteiger partial charge in [0.05, 0.1) is 16.1 Å². The number of thiophene rings is 2. The minimum absolute atomic E-state index is 0.253. The van der Waals surface area contributed by atoms with Crippen molar-refractivity contribution in [1.82, 2.24) is 0 Å². The van der Waals surface area contributed by atoms with Gasteiger partial charge in [0.15, 0.2) is 0 Å². The van der Waals surface area contributed by atoms with E-state index >= 15 is 26.3 Å². The summed E-state index contributed by atoms with van der Waals surface area (Å²) in [4.78, 5) is 1.55. The van der Waals surface area contributed by atoms with E-state index in [-0.39, 0.29) is 20.9 Å². The highest BCUT2D eigenvalue weighted by molar-refractivity contribution is 7.16. The van der Waals surface area contributed by atoms with E-state index in [0.29, 0.717) is 20.9 Å². The third kappa shape index (κ3) is 6.83. The van der Waals surface area contributed by atoms with Crippen LogP contribution >= 0.6 is 22.7 Å². The van der Waals surface area contributed by atoms with Crippen LogP contribution in [0.1, 0.15) is 20.9 Å². The second kappa shape index (κ2) is 13.6. The number of benzene rings is 4. The molecule has 0 amide bonds. The van der Waals surface area contributed by atoms with Crippen molar-refractivity contribution >= 4 is 60.3 Å². The largest absolute Gasteiger partial charge is 0.380 e. The summed E-state index contributed by atoms with van der Waals surface area (Å²) in [6.07, 6.45) is 0. The van der Waals surface area contributed by atoms with Crippen LogP contribution in [0.15, 0.2) is 109 Å². The van der Waals surface area contributed by atoms with Gasteiger partial charge in [-0.25, -0.2) is 0 Å². The second-order valence-corrected chi connectivity index (χ2v) is 29.1. The van der Waals surface area contributed by atoms with Gasteiger partial charge in [-0.3, -0.25) is 0 Å². The van der Waals surface area contributed by atoms with Crippen molar-refractivity contribution in [3.8, 4) is 43.1 Å². The van der Waals surface area contributed by atoms with Crippen molar-refractivity contribution in [2.45, 2.75) is 70.9 Å². The molecule has 0 nitrogen and oxygen atoms in total. The van der Waals surface area contributed by atoms with Crippen molar-refractivity contribution in [2.24, 2.45) is 0 Å². The summed E-state index contributed by atoms with van der Waals surface area (Å²) in [5.74, 6) is -15.9. The smallest absolute Gasteiger partial charge is 0.194 e. The third-order valence-corrected chi connectivity index (χ3v) is 16.9. The summed E-state index contributed by atoms with van der Waals surface area (Å²) in [6, 6.07) is 34.6. The molecule has 2 heterocycles. The molecule has 0 N–H and O–H groups in total. The summed E-state index contributed by atoms with van der Waals surface area (Å²) in [5.41, 5.74) is 2.10. The average Bonchev–Trinajstić information content (AvgIpc) is 3.73. The lowest BCUT2D eigenvalue weighted by Gasteiger charge is -2.25. The Morgan fingerprint density at radius 1 is 0.400 bits per heavy atom. The molecule has 4 aromatic carbocycles. The SMILES string of the molecule is Cc1sc(-c2ccc(-c3ccc([Si](C)(C)C)cc3)cc2)cc1C1=C(c2cc(-c3ccc(-c4ccc([Si](C)(C)C)cc4)cc3)sc2C)C(F)(F)C(F)(F)C1(F)F. The number of hydrogen-bond donors (Lipinski definition) is 0. The molecular formula is C45H42F6S2Si2. The molecule has 0 bridgehead atoms. The Morgan fingerprint density at radius 3 is 0.927 bits per heavy atom. The van der Waals surface area contributed by atoms with E-state index < -0.39 is 45.1 Å². The van der Waals surface area contributed by atoms with E-state index in [1.807, 2.05) is 48.5 Å². The zero-order valence-electron chi connectivity index (χ0n) is 32.0. The molecule has 6 aromatic rings. The van der Waals surface area contributed by atoms with Gasteiger partial charge >= 0.3 is 17.8 Å². The van der Waals surface area contributed by atoms with E-state index in [4.69, 9.17) is 0 Å². The van der Waals surface area contributed by atoms with Crippen molar-refractivity contribution in [3.05, 3.63) is 130 Å². The lowest BCUT2D eigenvalue weighted by atomic mass is 9.94. The van der Waals surface area contributed by atoms with Gasteiger partial charge in [-0.1, -0.05) is 147 Å². The minimum Gasteiger partial charge on any atom is -0.194 e. The highest BCUT2D eigenvalue weighted by Crippen LogP contribution is 2.66. The molecule has 55 heavy (non-hydrogen) atoms. The quantitative estimate of drug-likeness (QED) is 0.106. The van der Waals surface area contributed by atoms with Crippen LogP contribution in [0.5, 0.6) is 0 Å². The van der Waals surface area contributed by atoms with E-state index in [1.165, 1.54) is 36.4 Å². The number of allylic oxidation sites excluding steroid dienone is 2. The zero-order chi connectivity index (χ0) is 39.9. The van der Waals surface area contributed by atoms with Crippen LogP contribution in [0.3, 0.4) is 0 Å². The first kappa shape index (κ1) is 39.3. The third-order valence-electron chi connectivity index (χ3n) is 10.5. The molecule has 0 radical (unpaired) electrons. The molecule has 0 fully saturated rings. The van der Waals surface area contributed by atoms with E-state index in [1.54, 1.807) is 0 Å². The molecule has 0 saturated heterocycles.